The molecule has 0 heterocycles. The van der Waals surface area contributed by atoms with Crippen LogP contribution in [0.15, 0.2) is 36.5 Å². The molecule has 6 heteroatoms. The van der Waals surface area contributed by atoms with E-state index in [1.54, 1.807) is 0 Å². The fourth-order valence-corrected chi connectivity index (χ4v) is 9.98. The first-order chi connectivity index (χ1) is 35.5. The number of carbonyl (C=O) groups is 2. The molecule has 0 spiro atoms. The lowest BCUT2D eigenvalue weighted by Gasteiger charge is -2.22. The van der Waals surface area contributed by atoms with Crippen molar-refractivity contribution in [1.29, 1.82) is 0 Å². The summed E-state index contributed by atoms with van der Waals surface area (Å²) < 4.78 is 5.47. The van der Waals surface area contributed by atoms with Crippen LogP contribution in [0.2, 0.25) is 0 Å². The van der Waals surface area contributed by atoms with Gasteiger partial charge in [0.05, 0.1) is 25.4 Å². The van der Waals surface area contributed by atoms with E-state index in [-0.39, 0.29) is 18.5 Å². The Bertz CT molecular complexity index is 1170. The van der Waals surface area contributed by atoms with Crippen LogP contribution in [-0.2, 0) is 14.3 Å². The van der Waals surface area contributed by atoms with Gasteiger partial charge in [0, 0.05) is 12.8 Å². The van der Waals surface area contributed by atoms with Gasteiger partial charge in [-0.25, -0.2) is 0 Å². The summed E-state index contributed by atoms with van der Waals surface area (Å²) in [6.45, 7) is 4.91. The highest BCUT2D eigenvalue weighted by atomic mass is 16.5. The second kappa shape index (κ2) is 61.6. The summed E-state index contributed by atoms with van der Waals surface area (Å²) >= 11 is 0. The molecule has 0 aromatic rings. The summed E-state index contributed by atoms with van der Waals surface area (Å²) in [7, 11) is 0. The highest BCUT2D eigenvalue weighted by Crippen LogP contribution is 2.18. The first-order valence-corrected chi connectivity index (χ1v) is 32.2. The lowest BCUT2D eigenvalue weighted by atomic mass is 10.0. The van der Waals surface area contributed by atoms with Gasteiger partial charge in [0.25, 0.3) is 0 Å². The Kier molecular flexibility index (Phi) is 60.0. The van der Waals surface area contributed by atoms with Crippen molar-refractivity contribution in [2.45, 2.75) is 360 Å². The quantitative estimate of drug-likeness (QED) is 0.0320. The van der Waals surface area contributed by atoms with Gasteiger partial charge in [0.1, 0.15) is 0 Å². The number of esters is 1. The highest BCUT2D eigenvalue weighted by molar-refractivity contribution is 5.76. The van der Waals surface area contributed by atoms with E-state index >= 15 is 0 Å². The first kappa shape index (κ1) is 70.1. The van der Waals surface area contributed by atoms with Crippen molar-refractivity contribution in [3.05, 3.63) is 36.5 Å². The molecule has 2 atom stereocenters. The minimum Gasteiger partial charge on any atom is -0.466 e. The number of hydrogen-bond donors (Lipinski definition) is 3. The third-order valence-electron chi connectivity index (χ3n) is 14.9. The number of carbonyl (C=O) groups excluding carboxylic acids is 2. The molecule has 424 valence electrons. The number of amides is 1. The molecule has 6 nitrogen and oxygen atoms in total. The van der Waals surface area contributed by atoms with E-state index in [1.807, 2.05) is 6.08 Å². The molecule has 0 aliphatic rings. The smallest absolute Gasteiger partial charge is 0.305 e. The van der Waals surface area contributed by atoms with Crippen LogP contribution in [0.25, 0.3) is 0 Å². The summed E-state index contributed by atoms with van der Waals surface area (Å²) in [6, 6.07) is -0.588. The lowest BCUT2D eigenvalue weighted by molar-refractivity contribution is -0.143. The molecular formula is C66H125NO5. The van der Waals surface area contributed by atoms with Crippen LogP contribution in [-0.4, -0.2) is 47.4 Å². The van der Waals surface area contributed by atoms with Crippen molar-refractivity contribution in [1.82, 2.24) is 5.32 Å². The molecule has 0 fully saturated rings. The summed E-state index contributed by atoms with van der Waals surface area (Å²) in [5.74, 6) is -0.132. The minimum atomic E-state index is -0.701. The molecule has 0 aliphatic heterocycles. The molecule has 0 bridgehead atoms. The maximum absolute atomic E-state index is 12.5. The summed E-state index contributed by atoms with van der Waals surface area (Å²) in [4.78, 5) is 24.6. The SMILES string of the molecule is CCCCCCCC/C=C\CCCCCCCCCC(=O)OCCCCCCCC/C=C\C/C=C\CCC(=O)NC(CO)C(O)CCCCCCCCCCCCCCCCCCCCCCCCCCC. The van der Waals surface area contributed by atoms with Gasteiger partial charge in [-0.3, -0.25) is 9.59 Å². The van der Waals surface area contributed by atoms with Crippen LogP contribution in [0.5, 0.6) is 0 Å². The van der Waals surface area contributed by atoms with Gasteiger partial charge in [-0.15, -0.1) is 0 Å². The summed E-state index contributed by atoms with van der Waals surface area (Å²) in [6.07, 6.45) is 77.4. The lowest BCUT2D eigenvalue weighted by Crippen LogP contribution is -2.45. The third kappa shape index (κ3) is 57.4. The van der Waals surface area contributed by atoms with Crippen LogP contribution in [0.4, 0.5) is 0 Å². The number of nitrogens with one attached hydrogen (secondary N) is 1. The fourth-order valence-electron chi connectivity index (χ4n) is 9.98. The zero-order valence-corrected chi connectivity index (χ0v) is 48.4. The predicted octanol–water partition coefficient (Wildman–Crippen LogP) is 20.4. The van der Waals surface area contributed by atoms with Crippen molar-refractivity contribution in [2.24, 2.45) is 0 Å². The Labute approximate surface area is 449 Å². The molecular weight excluding hydrogens is 887 g/mol. The van der Waals surface area contributed by atoms with Crippen LogP contribution in [0, 0.1) is 0 Å². The standard InChI is InChI=1S/C66H125NO5/c1-3-5-7-9-11-13-15-17-19-21-22-23-24-25-26-27-28-30-31-34-38-42-46-50-54-58-64(69)63(62-68)67-65(70)59-55-51-47-43-39-35-33-37-41-45-49-53-57-61-72-66(71)60-56-52-48-44-40-36-32-29-20-18-16-14-12-10-8-6-4-2/h18,20,35,39,47,51,63-64,68-69H,3-17,19,21-34,36-38,40-46,48-50,52-62H2,1-2H3,(H,67,70)/b20-18-,39-35-,51-47-. The average Bonchev–Trinajstić information content (AvgIpc) is 3.38. The van der Waals surface area contributed by atoms with Gasteiger partial charge in [0.2, 0.25) is 5.91 Å². The van der Waals surface area contributed by atoms with Crippen molar-refractivity contribution in [3.63, 3.8) is 0 Å². The number of hydrogen-bond acceptors (Lipinski definition) is 5. The normalized spacial score (nSPS) is 12.8. The van der Waals surface area contributed by atoms with Gasteiger partial charge in [-0.1, -0.05) is 301 Å². The molecule has 0 radical (unpaired) electrons. The zero-order chi connectivity index (χ0) is 52.2. The molecule has 3 N–H and O–H groups in total. The Morgan fingerprint density at radius 1 is 0.389 bits per heavy atom. The van der Waals surface area contributed by atoms with E-state index in [9.17, 15) is 19.8 Å². The van der Waals surface area contributed by atoms with E-state index in [0.717, 1.165) is 51.4 Å². The Balaban J connectivity index is 3.51. The van der Waals surface area contributed by atoms with E-state index in [0.29, 0.717) is 32.3 Å². The monoisotopic (exact) mass is 1010 g/mol. The van der Waals surface area contributed by atoms with Crippen LogP contribution < -0.4 is 5.32 Å². The van der Waals surface area contributed by atoms with Gasteiger partial charge < -0.3 is 20.3 Å². The molecule has 1 amide bonds. The maximum Gasteiger partial charge on any atom is 0.305 e. The van der Waals surface area contributed by atoms with E-state index in [2.05, 4.69) is 49.5 Å². The number of ether oxygens (including phenoxy) is 1. The van der Waals surface area contributed by atoms with Crippen LogP contribution in [0.3, 0.4) is 0 Å². The van der Waals surface area contributed by atoms with E-state index < -0.39 is 12.1 Å². The Morgan fingerprint density at radius 3 is 1.10 bits per heavy atom. The molecule has 72 heavy (non-hydrogen) atoms. The molecule has 2 unspecified atom stereocenters. The van der Waals surface area contributed by atoms with Crippen LogP contribution >= 0.6 is 0 Å². The summed E-state index contributed by atoms with van der Waals surface area (Å²) in [5.41, 5.74) is 0. The minimum absolute atomic E-state index is 0.0195. The number of aliphatic hydroxyl groups is 2. The second-order valence-corrected chi connectivity index (χ2v) is 22.1. The maximum atomic E-state index is 12.5. The molecule has 0 saturated heterocycles. The van der Waals surface area contributed by atoms with Crippen LogP contribution in [0.1, 0.15) is 348 Å². The molecule has 0 aromatic carbocycles. The predicted molar refractivity (Wildman–Crippen MR) is 315 cm³/mol. The molecule has 0 aliphatic carbocycles. The first-order valence-electron chi connectivity index (χ1n) is 32.2. The Morgan fingerprint density at radius 2 is 0.708 bits per heavy atom. The number of unbranched alkanes of at least 4 members (excludes halogenated alkanes) is 43. The van der Waals surface area contributed by atoms with Crippen molar-refractivity contribution >= 4 is 11.9 Å². The topological polar surface area (TPSA) is 95.9 Å². The third-order valence-corrected chi connectivity index (χ3v) is 14.9. The van der Waals surface area contributed by atoms with Crippen molar-refractivity contribution < 1.29 is 24.5 Å². The largest absolute Gasteiger partial charge is 0.466 e. The summed E-state index contributed by atoms with van der Waals surface area (Å²) in [5, 5.41) is 23.3. The van der Waals surface area contributed by atoms with E-state index in [4.69, 9.17) is 4.74 Å². The zero-order valence-electron chi connectivity index (χ0n) is 48.4. The van der Waals surface area contributed by atoms with Crippen molar-refractivity contribution in [3.8, 4) is 0 Å². The Hall–Kier alpha value is -1.92. The number of aliphatic hydroxyl groups excluding tert-OH is 2. The molecule has 0 aromatic heterocycles. The van der Waals surface area contributed by atoms with Crippen molar-refractivity contribution in [2.75, 3.05) is 13.2 Å². The van der Waals surface area contributed by atoms with Gasteiger partial charge in [-0.05, 0) is 70.6 Å². The van der Waals surface area contributed by atoms with Gasteiger partial charge in [0.15, 0.2) is 0 Å². The molecule has 0 saturated carbocycles. The van der Waals surface area contributed by atoms with Gasteiger partial charge >= 0.3 is 5.97 Å². The fraction of sp³-hybridized carbons (Fsp3) is 0.879. The number of rotatable bonds is 60. The molecule has 0 rings (SSSR count). The number of allylic oxidation sites excluding steroid dienone is 6. The average molecular weight is 1010 g/mol. The van der Waals surface area contributed by atoms with E-state index in [1.165, 1.54) is 257 Å². The highest BCUT2D eigenvalue weighted by Gasteiger charge is 2.20. The second-order valence-electron chi connectivity index (χ2n) is 22.1. The van der Waals surface area contributed by atoms with Gasteiger partial charge in [-0.2, -0.15) is 0 Å².